The Kier molecular flexibility index (Phi) is 5.30. The van der Waals surface area contributed by atoms with Crippen LogP contribution in [0.25, 0.3) is 22.2 Å². The third kappa shape index (κ3) is 4.25. The van der Waals surface area contributed by atoms with Gasteiger partial charge in [0.2, 0.25) is 0 Å². The maximum absolute atomic E-state index is 12.8. The Morgan fingerprint density at radius 3 is 2.87 bits per heavy atom. The average Bonchev–Trinajstić information content (AvgIpc) is 3.30. The monoisotopic (exact) mass is 431 g/mol. The Morgan fingerprint density at radius 2 is 2.00 bits per heavy atom. The van der Waals surface area contributed by atoms with E-state index in [1.165, 1.54) is 0 Å². The number of nitrogens with one attached hydrogen (secondary N) is 2. The van der Waals surface area contributed by atoms with Crippen LogP contribution in [0.15, 0.2) is 66.9 Å². The molecule has 0 radical (unpaired) electrons. The number of nitrogens with zero attached hydrogens (tertiary/aromatic N) is 3. The lowest BCUT2D eigenvalue weighted by Crippen LogP contribution is -2.48. The highest BCUT2D eigenvalue weighted by molar-refractivity contribution is 6.30. The van der Waals surface area contributed by atoms with Crippen molar-refractivity contribution < 1.29 is 4.79 Å². The lowest BCUT2D eigenvalue weighted by atomic mass is 10.0. The Morgan fingerprint density at radius 1 is 1.13 bits per heavy atom. The average molecular weight is 432 g/mol. The van der Waals surface area contributed by atoms with Crippen molar-refractivity contribution in [3.63, 3.8) is 0 Å². The molecule has 1 amide bonds. The van der Waals surface area contributed by atoms with Crippen LogP contribution in [0, 0.1) is 0 Å². The molecule has 156 valence electrons. The number of benzene rings is 2. The van der Waals surface area contributed by atoms with Gasteiger partial charge in [0.1, 0.15) is 0 Å². The molecule has 1 atom stereocenters. The Hall–Kier alpha value is -3.38. The summed E-state index contributed by atoms with van der Waals surface area (Å²) in [6.45, 7) is 1.64. The molecule has 31 heavy (non-hydrogen) atoms. The first-order valence-electron chi connectivity index (χ1n) is 10.4. The van der Waals surface area contributed by atoms with Crippen molar-refractivity contribution in [2.24, 2.45) is 0 Å². The number of fused-ring (bicyclic) bond motifs is 1. The number of hydrogen-bond donors (Lipinski definition) is 2. The molecule has 0 unspecified atom stereocenters. The van der Waals surface area contributed by atoms with Crippen LogP contribution in [0.4, 0.5) is 5.82 Å². The van der Waals surface area contributed by atoms with Crippen molar-refractivity contribution in [2.75, 3.05) is 18.0 Å². The van der Waals surface area contributed by atoms with E-state index in [9.17, 15) is 4.79 Å². The Bertz CT molecular complexity index is 1220. The highest BCUT2D eigenvalue weighted by Gasteiger charge is 2.24. The topological polar surface area (TPSA) is 73.9 Å². The van der Waals surface area contributed by atoms with Crippen LogP contribution in [0.2, 0.25) is 5.02 Å². The minimum atomic E-state index is -0.0542. The van der Waals surface area contributed by atoms with Gasteiger partial charge in [-0.1, -0.05) is 29.8 Å². The van der Waals surface area contributed by atoms with E-state index in [-0.39, 0.29) is 11.9 Å². The molecular weight excluding hydrogens is 410 g/mol. The van der Waals surface area contributed by atoms with Gasteiger partial charge in [0, 0.05) is 47.4 Å². The lowest BCUT2D eigenvalue weighted by Gasteiger charge is -2.33. The van der Waals surface area contributed by atoms with E-state index < -0.39 is 0 Å². The quantitative estimate of drug-likeness (QED) is 0.492. The summed E-state index contributed by atoms with van der Waals surface area (Å²) in [6.07, 6.45) is 3.70. The second-order valence-electron chi connectivity index (χ2n) is 7.82. The van der Waals surface area contributed by atoms with Gasteiger partial charge in [-0.2, -0.15) is 5.10 Å². The zero-order valence-electron chi connectivity index (χ0n) is 16.9. The second-order valence-corrected chi connectivity index (χ2v) is 8.25. The molecule has 1 aliphatic rings. The third-order valence-electron chi connectivity index (χ3n) is 5.67. The summed E-state index contributed by atoms with van der Waals surface area (Å²) in [4.78, 5) is 19.4. The number of H-pyrrole nitrogens is 1. The number of carbonyl (C=O) groups excluding carboxylic acids is 1. The second kappa shape index (κ2) is 8.40. The number of carbonyl (C=O) groups is 1. The van der Waals surface area contributed by atoms with E-state index in [0.29, 0.717) is 10.6 Å². The molecule has 1 aliphatic heterocycles. The van der Waals surface area contributed by atoms with E-state index >= 15 is 0 Å². The summed E-state index contributed by atoms with van der Waals surface area (Å²) < 4.78 is 0. The van der Waals surface area contributed by atoms with Crippen molar-refractivity contribution in [1.82, 2.24) is 20.5 Å². The first kappa shape index (κ1) is 19.6. The number of rotatable bonds is 4. The molecule has 1 saturated heterocycles. The molecule has 0 aliphatic carbocycles. The van der Waals surface area contributed by atoms with Crippen LogP contribution < -0.4 is 10.2 Å². The van der Waals surface area contributed by atoms with Crippen molar-refractivity contribution >= 4 is 34.2 Å². The fourth-order valence-corrected chi connectivity index (χ4v) is 4.17. The number of hydrogen-bond acceptors (Lipinski definition) is 4. The minimum Gasteiger partial charge on any atom is -0.353 e. The summed E-state index contributed by atoms with van der Waals surface area (Å²) in [7, 11) is 0. The fourth-order valence-electron chi connectivity index (χ4n) is 4.04. The number of piperidine rings is 1. The van der Waals surface area contributed by atoms with E-state index in [1.807, 2.05) is 60.7 Å². The molecule has 5 rings (SSSR count). The molecule has 4 aromatic rings. The number of halogens is 1. The van der Waals surface area contributed by atoms with E-state index in [1.54, 1.807) is 6.20 Å². The van der Waals surface area contributed by atoms with Crippen molar-refractivity contribution in [3.8, 4) is 11.3 Å². The van der Waals surface area contributed by atoms with Gasteiger partial charge in [0.15, 0.2) is 5.82 Å². The van der Waals surface area contributed by atoms with E-state index in [0.717, 1.165) is 53.9 Å². The molecule has 0 saturated carbocycles. The first-order valence-corrected chi connectivity index (χ1v) is 10.8. The Labute approximate surface area is 185 Å². The summed E-state index contributed by atoms with van der Waals surface area (Å²) in [6, 6.07) is 19.3. The molecular formula is C24H22ClN5O. The van der Waals surface area contributed by atoms with Crippen molar-refractivity contribution in [3.05, 3.63) is 77.4 Å². The molecule has 7 heteroatoms. The molecule has 2 aromatic heterocycles. The fraction of sp³-hybridized carbons (Fsp3) is 0.208. The largest absolute Gasteiger partial charge is 0.353 e. The summed E-state index contributed by atoms with van der Waals surface area (Å²) >= 11 is 5.98. The highest BCUT2D eigenvalue weighted by Crippen LogP contribution is 2.25. The molecule has 2 N–H and O–H groups in total. The van der Waals surface area contributed by atoms with Crippen LogP contribution in [0.1, 0.15) is 23.2 Å². The van der Waals surface area contributed by atoms with Crippen LogP contribution >= 0.6 is 11.6 Å². The number of anilines is 1. The van der Waals surface area contributed by atoms with Gasteiger partial charge in [-0.15, -0.1) is 0 Å². The van der Waals surface area contributed by atoms with Crippen LogP contribution in [-0.4, -0.2) is 40.2 Å². The molecule has 0 spiro atoms. The molecule has 1 fully saturated rings. The number of amides is 1. The molecule has 2 aromatic carbocycles. The van der Waals surface area contributed by atoms with Crippen molar-refractivity contribution in [1.29, 1.82) is 0 Å². The lowest BCUT2D eigenvalue weighted by molar-refractivity contribution is 0.0933. The molecule has 3 heterocycles. The van der Waals surface area contributed by atoms with Gasteiger partial charge in [-0.25, -0.2) is 0 Å². The van der Waals surface area contributed by atoms with Crippen LogP contribution in [0.3, 0.4) is 0 Å². The summed E-state index contributed by atoms with van der Waals surface area (Å²) in [5.41, 5.74) is 3.53. The normalized spacial score (nSPS) is 16.4. The van der Waals surface area contributed by atoms with Gasteiger partial charge in [-0.3, -0.25) is 14.9 Å². The van der Waals surface area contributed by atoms with Gasteiger partial charge >= 0.3 is 0 Å². The minimum absolute atomic E-state index is 0.0542. The SMILES string of the molecule is O=C(N[C@H]1CCCN(c2cc(-c3ccc(Cl)cc3)[nH]n2)C1)c1ccc2ncccc2c1. The zero-order chi connectivity index (χ0) is 21.2. The van der Waals surface area contributed by atoms with Crippen molar-refractivity contribution in [2.45, 2.75) is 18.9 Å². The smallest absolute Gasteiger partial charge is 0.251 e. The van der Waals surface area contributed by atoms with Gasteiger partial charge in [0.25, 0.3) is 5.91 Å². The predicted molar refractivity (Wildman–Crippen MR) is 123 cm³/mol. The third-order valence-corrected chi connectivity index (χ3v) is 5.92. The Balaban J connectivity index is 1.27. The van der Waals surface area contributed by atoms with E-state index in [4.69, 9.17) is 11.6 Å². The zero-order valence-corrected chi connectivity index (χ0v) is 17.6. The summed E-state index contributed by atoms with van der Waals surface area (Å²) in [5, 5.41) is 12.5. The molecule has 0 bridgehead atoms. The maximum Gasteiger partial charge on any atom is 0.251 e. The van der Waals surface area contributed by atoms with Gasteiger partial charge < -0.3 is 10.2 Å². The summed E-state index contributed by atoms with van der Waals surface area (Å²) in [5.74, 6) is 0.835. The number of aromatic amines is 1. The van der Waals surface area contributed by atoms with Gasteiger partial charge in [-0.05, 0) is 54.8 Å². The first-order chi connectivity index (χ1) is 15.2. The number of pyridine rings is 1. The highest BCUT2D eigenvalue weighted by atomic mass is 35.5. The van der Waals surface area contributed by atoms with Crippen LogP contribution in [0.5, 0.6) is 0 Å². The number of aromatic nitrogens is 3. The van der Waals surface area contributed by atoms with Gasteiger partial charge in [0.05, 0.1) is 11.2 Å². The standard InChI is InChI=1S/C24H22ClN5O/c25-19-8-5-16(6-9-19)22-14-23(29-28-22)30-12-2-4-20(15-30)27-24(31)18-7-10-21-17(13-18)3-1-11-26-21/h1,3,5-11,13-14,20H,2,4,12,15H2,(H,27,31)(H,28,29)/t20-/m0/s1. The van der Waals surface area contributed by atoms with Crippen LogP contribution in [-0.2, 0) is 0 Å². The predicted octanol–water partition coefficient (Wildman–Crippen LogP) is 4.68. The maximum atomic E-state index is 12.8. The molecule has 6 nitrogen and oxygen atoms in total. The van der Waals surface area contributed by atoms with E-state index in [2.05, 4.69) is 25.4 Å².